The van der Waals surface area contributed by atoms with Crippen molar-refractivity contribution in [3.05, 3.63) is 29.3 Å². The van der Waals surface area contributed by atoms with E-state index in [-0.39, 0.29) is 29.9 Å². The minimum atomic E-state index is -0.996. The number of piperidine rings is 1. The van der Waals surface area contributed by atoms with Crippen LogP contribution in [0.4, 0.5) is 5.69 Å². The Kier molecular flexibility index (Phi) is 3.44. The lowest BCUT2D eigenvalue weighted by molar-refractivity contribution is -0.136. The first-order valence-corrected chi connectivity index (χ1v) is 7.01. The van der Waals surface area contributed by atoms with Gasteiger partial charge in [-0.3, -0.25) is 34.2 Å². The lowest BCUT2D eigenvalue weighted by Gasteiger charge is -2.27. The third-order valence-corrected chi connectivity index (χ3v) is 3.76. The van der Waals surface area contributed by atoms with Crippen LogP contribution in [-0.4, -0.2) is 40.5 Å². The van der Waals surface area contributed by atoms with Crippen LogP contribution in [0.15, 0.2) is 18.2 Å². The lowest BCUT2D eigenvalue weighted by atomic mass is 10.0. The molecule has 1 fully saturated rings. The van der Waals surface area contributed by atoms with Crippen LogP contribution in [0.2, 0.25) is 0 Å². The summed E-state index contributed by atoms with van der Waals surface area (Å²) >= 11 is 0. The molecule has 0 bridgehead atoms. The summed E-state index contributed by atoms with van der Waals surface area (Å²) in [7, 11) is 0. The Morgan fingerprint density at radius 3 is 2.52 bits per heavy atom. The second-order valence-corrected chi connectivity index (χ2v) is 5.39. The van der Waals surface area contributed by atoms with E-state index in [2.05, 4.69) is 10.6 Å². The average molecular weight is 315 g/mol. The van der Waals surface area contributed by atoms with Gasteiger partial charge in [-0.15, -0.1) is 0 Å². The summed E-state index contributed by atoms with van der Waals surface area (Å²) in [6, 6.07) is 3.36. The molecule has 2 aliphatic rings. The summed E-state index contributed by atoms with van der Waals surface area (Å²) in [4.78, 5) is 60.0. The summed E-state index contributed by atoms with van der Waals surface area (Å²) < 4.78 is 0. The van der Waals surface area contributed by atoms with E-state index in [1.165, 1.54) is 25.1 Å². The molecular formula is C15H13N3O5. The molecule has 0 aromatic heterocycles. The van der Waals surface area contributed by atoms with Gasteiger partial charge < -0.3 is 5.32 Å². The molecule has 1 saturated heterocycles. The highest BCUT2D eigenvalue weighted by Gasteiger charge is 2.44. The molecule has 1 unspecified atom stereocenters. The van der Waals surface area contributed by atoms with Gasteiger partial charge >= 0.3 is 0 Å². The Hall–Kier alpha value is -3.03. The van der Waals surface area contributed by atoms with Crippen molar-refractivity contribution in [2.75, 3.05) is 5.32 Å². The number of nitrogens with zero attached hydrogens (tertiary/aromatic N) is 1. The molecule has 2 aliphatic heterocycles. The summed E-state index contributed by atoms with van der Waals surface area (Å²) in [6.07, 6.45) is 0.176. The first kappa shape index (κ1) is 14.9. The number of carbonyl (C=O) groups excluding carboxylic acids is 5. The largest absolute Gasteiger partial charge is 0.326 e. The fourth-order valence-electron chi connectivity index (χ4n) is 2.75. The molecule has 2 heterocycles. The highest BCUT2D eigenvalue weighted by Crippen LogP contribution is 2.29. The van der Waals surface area contributed by atoms with Crippen molar-refractivity contribution < 1.29 is 24.0 Å². The van der Waals surface area contributed by atoms with Gasteiger partial charge in [-0.1, -0.05) is 0 Å². The number of imide groups is 2. The maximum absolute atomic E-state index is 12.5. The van der Waals surface area contributed by atoms with Gasteiger partial charge in [-0.2, -0.15) is 0 Å². The van der Waals surface area contributed by atoms with E-state index in [9.17, 15) is 24.0 Å². The number of rotatable bonds is 2. The fourth-order valence-corrected chi connectivity index (χ4v) is 2.75. The van der Waals surface area contributed by atoms with Crippen molar-refractivity contribution in [1.29, 1.82) is 0 Å². The fraction of sp³-hybridized carbons (Fsp3) is 0.267. The molecule has 1 aromatic rings. The number of amides is 5. The third kappa shape index (κ3) is 2.48. The number of benzene rings is 1. The van der Waals surface area contributed by atoms with E-state index >= 15 is 0 Å². The Morgan fingerprint density at radius 1 is 1.17 bits per heavy atom. The zero-order valence-corrected chi connectivity index (χ0v) is 12.2. The zero-order valence-electron chi connectivity index (χ0n) is 12.2. The van der Waals surface area contributed by atoms with Crippen LogP contribution < -0.4 is 10.6 Å². The van der Waals surface area contributed by atoms with Crippen molar-refractivity contribution in [1.82, 2.24) is 10.2 Å². The monoisotopic (exact) mass is 315 g/mol. The number of nitrogens with one attached hydrogen (secondary N) is 2. The molecule has 1 aromatic carbocycles. The highest BCUT2D eigenvalue weighted by atomic mass is 16.2. The van der Waals surface area contributed by atoms with E-state index in [1.807, 2.05) is 0 Å². The topological polar surface area (TPSA) is 113 Å². The van der Waals surface area contributed by atoms with Crippen molar-refractivity contribution in [2.24, 2.45) is 0 Å². The molecule has 23 heavy (non-hydrogen) atoms. The predicted octanol–water partition coefficient (Wildman–Crippen LogP) is 0.0462. The van der Waals surface area contributed by atoms with Crippen LogP contribution in [0, 0.1) is 0 Å². The van der Waals surface area contributed by atoms with Crippen LogP contribution in [0.5, 0.6) is 0 Å². The number of hydrogen-bond donors (Lipinski definition) is 2. The number of hydrogen-bond acceptors (Lipinski definition) is 5. The Morgan fingerprint density at radius 2 is 1.87 bits per heavy atom. The standard InChI is InChI=1S/C15H13N3O5/c1-7(19)16-8-2-3-9-10(6-8)15(23)18(14(9)22)11-4-5-12(20)17-13(11)21/h2-3,6,11H,4-5H2,1H3,(H,16,19)(H,17,20,21). The van der Waals surface area contributed by atoms with Crippen LogP contribution in [-0.2, 0) is 14.4 Å². The molecule has 2 N–H and O–H groups in total. The smallest absolute Gasteiger partial charge is 0.262 e. The number of fused-ring (bicyclic) bond motifs is 1. The maximum Gasteiger partial charge on any atom is 0.262 e. The molecule has 5 amide bonds. The second kappa shape index (κ2) is 5.31. The molecule has 118 valence electrons. The van der Waals surface area contributed by atoms with Crippen LogP contribution in [0.3, 0.4) is 0 Å². The van der Waals surface area contributed by atoms with Gasteiger partial charge in [0.05, 0.1) is 11.1 Å². The first-order chi connectivity index (χ1) is 10.9. The number of anilines is 1. The Labute approximate surface area is 130 Å². The van der Waals surface area contributed by atoms with E-state index in [0.717, 1.165) is 4.90 Å². The van der Waals surface area contributed by atoms with Crippen LogP contribution >= 0.6 is 0 Å². The van der Waals surface area contributed by atoms with Crippen molar-refractivity contribution >= 4 is 35.2 Å². The summed E-state index contributed by atoms with van der Waals surface area (Å²) in [5.41, 5.74) is 0.697. The van der Waals surface area contributed by atoms with E-state index in [0.29, 0.717) is 5.69 Å². The molecule has 0 aliphatic carbocycles. The molecule has 0 saturated carbocycles. The minimum absolute atomic E-state index is 0.0704. The van der Waals surface area contributed by atoms with Gasteiger partial charge in [0, 0.05) is 19.0 Å². The zero-order chi connectivity index (χ0) is 16.7. The summed E-state index contributed by atoms with van der Waals surface area (Å²) in [5, 5.41) is 4.66. The highest BCUT2D eigenvalue weighted by molar-refractivity contribution is 6.23. The van der Waals surface area contributed by atoms with Crippen LogP contribution in [0.1, 0.15) is 40.5 Å². The van der Waals surface area contributed by atoms with Gasteiger partial charge in [0.15, 0.2) is 0 Å². The lowest BCUT2D eigenvalue weighted by Crippen LogP contribution is -2.54. The van der Waals surface area contributed by atoms with E-state index in [4.69, 9.17) is 0 Å². The van der Waals surface area contributed by atoms with Crippen molar-refractivity contribution in [3.8, 4) is 0 Å². The first-order valence-electron chi connectivity index (χ1n) is 7.01. The molecule has 3 rings (SSSR count). The maximum atomic E-state index is 12.5. The number of carbonyl (C=O) groups is 5. The van der Waals surface area contributed by atoms with E-state index < -0.39 is 29.7 Å². The average Bonchev–Trinajstić information content (AvgIpc) is 2.71. The molecular weight excluding hydrogens is 302 g/mol. The molecule has 8 nitrogen and oxygen atoms in total. The normalized spacial score (nSPS) is 20.4. The Bertz CT molecular complexity index is 770. The SMILES string of the molecule is CC(=O)Nc1ccc2c(c1)C(=O)N(C1CCC(=O)NC1=O)C2=O. The Balaban J connectivity index is 1.92. The van der Waals surface area contributed by atoms with Crippen molar-refractivity contribution in [3.63, 3.8) is 0 Å². The van der Waals surface area contributed by atoms with Gasteiger partial charge in [0.1, 0.15) is 6.04 Å². The quantitative estimate of drug-likeness (QED) is 0.749. The predicted molar refractivity (Wildman–Crippen MR) is 77.4 cm³/mol. The molecule has 0 radical (unpaired) electrons. The van der Waals surface area contributed by atoms with Gasteiger partial charge in [0.25, 0.3) is 11.8 Å². The second-order valence-electron chi connectivity index (χ2n) is 5.39. The minimum Gasteiger partial charge on any atom is -0.326 e. The summed E-state index contributed by atoms with van der Waals surface area (Å²) in [6.45, 7) is 1.33. The third-order valence-electron chi connectivity index (χ3n) is 3.76. The molecule has 0 spiro atoms. The van der Waals surface area contributed by atoms with Gasteiger partial charge in [-0.25, -0.2) is 0 Å². The molecule has 1 atom stereocenters. The van der Waals surface area contributed by atoms with E-state index in [1.54, 1.807) is 0 Å². The van der Waals surface area contributed by atoms with Crippen molar-refractivity contribution in [2.45, 2.75) is 25.8 Å². The van der Waals surface area contributed by atoms with Crippen LogP contribution in [0.25, 0.3) is 0 Å². The summed E-state index contributed by atoms with van der Waals surface area (Å²) in [5.74, 6) is -2.56. The molecule has 8 heteroatoms. The van der Waals surface area contributed by atoms with Gasteiger partial charge in [0.2, 0.25) is 17.7 Å². The van der Waals surface area contributed by atoms with Gasteiger partial charge in [-0.05, 0) is 24.6 Å².